The average molecular weight is 570 g/mol. The molecule has 0 saturated carbocycles. The van der Waals surface area contributed by atoms with Gasteiger partial charge in [0.25, 0.3) is 5.91 Å². The third-order valence-electron chi connectivity index (χ3n) is 7.22. The molecule has 2 N–H and O–H groups in total. The van der Waals surface area contributed by atoms with Gasteiger partial charge in [0.1, 0.15) is 12.6 Å². The van der Waals surface area contributed by atoms with Gasteiger partial charge in [0.2, 0.25) is 11.1 Å². The Labute approximate surface area is 245 Å². The number of nitrogens with zero attached hydrogens (tertiary/aromatic N) is 3. The summed E-state index contributed by atoms with van der Waals surface area (Å²) in [5.74, 6) is 2.41. The number of hydrogen-bond acceptors (Lipinski definition) is 7. The first-order valence-electron chi connectivity index (χ1n) is 13.6. The number of rotatable bonds is 9. The topological polar surface area (TPSA) is 90.3 Å². The van der Waals surface area contributed by atoms with E-state index in [4.69, 9.17) is 14.6 Å². The molecular weight excluding hydrogens is 534 g/mol. The second kappa shape index (κ2) is 12.1. The van der Waals surface area contributed by atoms with Crippen molar-refractivity contribution in [1.82, 2.24) is 14.8 Å². The molecule has 212 valence electrons. The number of anilines is 2. The first kappa shape index (κ1) is 28.3. The highest BCUT2D eigenvalue weighted by atomic mass is 32.2. The van der Waals surface area contributed by atoms with Crippen LogP contribution in [0.5, 0.6) is 11.5 Å². The molecule has 8 nitrogen and oxygen atoms in total. The SMILES string of the molecule is CCSc1nc2n(n1)C(c1ccc(OCc3ccc(C)cc3)c(OC)c1)C(C(=O)Nc1cccc(C)c1C)=C(C)N2. The maximum atomic E-state index is 13.9. The molecule has 1 aromatic heterocycles. The normalized spacial score (nSPS) is 14.3. The molecule has 4 aromatic rings. The fourth-order valence-electron chi connectivity index (χ4n) is 4.82. The Balaban J connectivity index is 1.52. The smallest absolute Gasteiger partial charge is 0.255 e. The molecule has 0 bridgehead atoms. The average Bonchev–Trinajstić information content (AvgIpc) is 3.36. The molecule has 0 spiro atoms. The van der Waals surface area contributed by atoms with E-state index in [1.807, 2.05) is 57.2 Å². The largest absolute Gasteiger partial charge is 0.493 e. The number of aromatic nitrogens is 3. The lowest BCUT2D eigenvalue weighted by Crippen LogP contribution is -2.31. The first-order chi connectivity index (χ1) is 19.8. The van der Waals surface area contributed by atoms with Gasteiger partial charge in [0.15, 0.2) is 11.5 Å². The van der Waals surface area contributed by atoms with Gasteiger partial charge in [0, 0.05) is 11.4 Å². The summed E-state index contributed by atoms with van der Waals surface area (Å²) >= 11 is 1.55. The van der Waals surface area contributed by atoms with Gasteiger partial charge < -0.3 is 20.1 Å². The highest BCUT2D eigenvalue weighted by molar-refractivity contribution is 7.99. The van der Waals surface area contributed by atoms with Gasteiger partial charge in [-0.1, -0.05) is 66.7 Å². The van der Waals surface area contributed by atoms with Crippen LogP contribution in [0.1, 0.15) is 47.7 Å². The number of benzene rings is 3. The predicted molar refractivity (Wildman–Crippen MR) is 164 cm³/mol. The third-order valence-corrected chi connectivity index (χ3v) is 7.94. The molecule has 1 amide bonds. The number of thioether (sulfide) groups is 1. The first-order valence-corrected chi connectivity index (χ1v) is 14.6. The van der Waals surface area contributed by atoms with Crippen molar-refractivity contribution in [3.8, 4) is 11.5 Å². The third kappa shape index (κ3) is 5.95. The Morgan fingerprint density at radius 2 is 1.83 bits per heavy atom. The standard InChI is InChI=1S/C32H35N5O3S/c1-7-41-32-35-31-33-22(5)28(30(38)34-25-10-8-9-20(3)21(25)4)29(37(31)36-32)24-15-16-26(27(17-24)39-6)40-18-23-13-11-19(2)12-14-23/h8-17,29H,7,18H2,1-6H3,(H,34,38)(H,33,35,36). The summed E-state index contributed by atoms with van der Waals surface area (Å²) < 4.78 is 13.7. The van der Waals surface area contributed by atoms with E-state index in [0.29, 0.717) is 40.5 Å². The van der Waals surface area contributed by atoms with Crippen molar-refractivity contribution < 1.29 is 14.3 Å². The summed E-state index contributed by atoms with van der Waals surface area (Å²) in [6, 6.07) is 19.4. The van der Waals surface area contributed by atoms with E-state index in [1.165, 1.54) is 5.56 Å². The van der Waals surface area contributed by atoms with Crippen LogP contribution in [0.15, 0.2) is 77.1 Å². The Kier molecular flexibility index (Phi) is 8.35. The second-order valence-corrected chi connectivity index (χ2v) is 11.3. The molecule has 1 aliphatic rings. The molecule has 1 aliphatic heterocycles. The Bertz CT molecular complexity index is 1610. The molecule has 9 heteroatoms. The van der Waals surface area contributed by atoms with Crippen molar-refractivity contribution in [2.45, 2.75) is 52.4 Å². The van der Waals surface area contributed by atoms with Crippen LogP contribution in [-0.4, -0.2) is 33.5 Å². The summed E-state index contributed by atoms with van der Waals surface area (Å²) in [6.45, 7) is 10.5. The van der Waals surface area contributed by atoms with Crippen LogP contribution in [0, 0.1) is 20.8 Å². The summed E-state index contributed by atoms with van der Waals surface area (Å²) in [6.07, 6.45) is 0. The zero-order chi connectivity index (χ0) is 29.1. The molecular formula is C32H35N5O3S. The number of fused-ring (bicyclic) bond motifs is 1. The van der Waals surface area contributed by atoms with Crippen molar-refractivity contribution in [2.75, 3.05) is 23.5 Å². The van der Waals surface area contributed by atoms with Crippen LogP contribution in [0.25, 0.3) is 0 Å². The molecule has 2 heterocycles. The lowest BCUT2D eigenvalue weighted by atomic mass is 9.94. The number of ether oxygens (including phenoxy) is 2. The summed E-state index contributed by atoms with van der Waals surface area (Å²) in [5.41, 5.74) is 7.27. The van der Waals surface area contributed by atoms with E-state index in [-0.39, 0.29) is 5.91 Å². The summed E-state index contributed by atoms with van der Waals surface area (Å²) in [4.78, 5) is 18.6. The number of aryl methyl sites for hydroxylation is 2. The molecule has 1 unspecified atom stereocenters. The van der Waals surface area contributed by atoms with E-state index >= 15 is 0 Å². The van der Waals surface area contributed by atoms with E-state index < -0.39 is 6.04 Å². The highest BCUT2D eigenvalue weighted by Gasteiger charge is 2.35. The number of carbonyl (C=O) groups is 1. The number of methoxy groups -OCH3 is 1. The van der Waals surface area contributed by atoms with Crippen molar-refractivity contribution in [3.63, 3.8) is 0 Å². The lowest BCUT2D eigenvalue weighted by Gasteiger charge is -2.29. The van der Waals surface area contributed by atoms with Crippen LogP contribution in [0.2, 0.25) is 0 Å². The second-order valence-electron chi connectivity index (χ2n) is 10.0. The molecule has 41 heavy (non-hydrogen) atoms. The lowest BCUT2D eigenvalue weighted by molar-refractivity contribution is -0.113. The van der Waals surface area contributed by atoms with E-state index in [1.54, 1.807) is 23.6 Å². The van der Waals surface area contributed by atoms with Crippen LogP contribution in [-0.2, 0) is 11.4 Å². The van der Waals surface area contributed by atoms with Crippen molar-refractivity contribution in [2.24, 2.45) is 0 Å². The number of amides is 1. The maximum absolute atomic E-state index is 13.9. The Hall–Kier alpha value is -4.24. The van der Waals surface area contributed by atoms with E-state index in [0.717, 1.165) is 33.7 Å². The summed E-state index contributed by atoms with van der Waals surface area (Å²) in [5, 5.41) is 11.9. The number of carbonyl (C=O) groups excluding carboxylic acids is 1. The molecule has 5 rings (SSSR count). The van der Waals surface area contributed by atoms with Crippen molar-refractivity contribution in [3.05, 3.63) is 99.8 Å². The Morgan fingerprint density at radius 1 is 1.05 bits per heavy atom. The van der Waals surface area contributed by atoms with Gasteiger partial charge in [-0.05, 0) is 73.9 Å². The Morgan fingerprint density at radius 3 is 2.56 bits per heavy atom. The highest BCUT2D eigenvalue weighted by Crippen LogP contribution is 2.40. The van der Waals surface area contributed by atoms with E-state index in [2.05, 4.69) is 53.7 Å². The zero-order valence-corrected chi connectivity index (χ0v) is 25.1. The minimum atomic E-state index is -0.532. The van der Waals surface area contributed by atoms with Gasteiger partial charge in [-0.25, -0.2) is 4.68 Å². The fraction of sp³-hybridized carbons (Fsp3) is 0.281. The van der Waals surface area contributed by atoms with E-state index in [9.17, 15) is 4.79 Å². The molecule has 1 atom stereocenters. The van der Waals surface area contributed by atoms with Gasteiger partial charge in [0.05, 0.1) is 12.7 Å². The van der Waals surface area contributed by atoms with Crippen LogP contribution in [0.4, 0.5) is 11.6 Å². The van der Waals surface area contributed by atoms with Crippen molar-refractivity contribution in [1.29, 1.82) is 0 Å². The predicted octanol–water partition coefficient (Wildman–Crippen LogP) is 6.83. The number of nitrogens with one attached hydrogen (secondary N) is 2. The minimum absolute atomic E-state index is 0.210. The molecule has 3 aromatic carbocycles. The monoisotopic (exact) mass is 569 g/mol. The van der Waals surface area contributed by atoms with Crippen molar-refractivity contribution >= 4 is 29.3 Å². The van der Waals surface area contributed by atoms with Crippen LogP contribution < -0.4 is 20.1 Å². The summed E-state index contributed by atoms with van der Waals surface area (Å²) in [7, 11) is 1.62. The van der Waals surface area contributed by atoms with Gasteiger partial charge in [-0.3, -0.25) is 4.79 Å². The quantitative estimate of drug-likeness (QED) is 0.214. The minimum Gasteiger partial charge on any atom is -0.493 e. The fourth-order valence-corrected chi connectivity index (χ4v) is 5.37. The molecule has 0 aliphatic carbocycles. The van der Waals surface area contributed by atoms with Gasteiger partial charge in [-0.2, -0.15) is 4.98 Å². The maximum Gasteiger partial charge on any atom is 0.255 e. The van der Waals surface area contributed by atoms with Crippen LogP contribution >= 0.6 is 11.8 Å². The number of allylic oxidation sites excluding steroid dienone is 1. The van der Waals surface area contributed by atoms with Gasteiger partial charge in [-0.15, -0.1) is 5.10 Å². The van der Waals surface area contributed by atoms with Gasteiger partial charge >= 0.3 is 0 Å². The molecule has 0 saturated heterocycles. The van der Waals surface area contributed by atoms with Crippen LogP contribution in [0.3, 0.4) is 0 Å². The molecule has 0 fully saturated rings. The zero-order valence-electron chi connectivity index (χ0n) is 24.2. The number of hydrogen-bond donors (Lipinski definition) is 2. The molecule has 0 radical (unpaired) electrons.